The van der Waals surface area contributed by atoms with Crippen molar-refractivity contribution in [2.75, 3.05) is 13.2 Å². The number of benzene rings is 2. The molecule has 0 aliphatic carbocycles. The highest BCUT2D eigenvalue weighted by molar-refractivity contribution is 7.14. The smallest absolute Gasteiger partial charge is 0.119 e. The first kappa shape index (κ1) is 55.7. The van der Waals surface area contributed by atoms with Crippen molar-refractivity contribution in [2.45, 2.75) is 220 Å². The Morgan fingerprint density at radius 2 is 0.754 bits per heavy atom. The molecule has 0 unspecified atom stereocenters. The van der Waals surface area contributed by atoms with Gasteiger partial charge < -0.3 is 18.6 Å². The summed E-state index contributed by atoms with van der Waals surface area (Å²) in [5.74, 6) is 1.91. The maximum absolute atomic E-state index is 6.16. The Hall–Kier alpha value is -4.22. The fourth-order valence-electron chi connectivity index (χ4n) is 9.51. The third-order valence-electron chi connectivity index (χ3n) is 13.8. The zero-order valence-corrected chi connectivity index (χ0v) is 44.7. The molecule has 0 amide bonds. The van der Waals surface area contributed by atoms with E-state index in [2.05, 4.69) is 145 Å². The fourth-order valence-corrected chi connectivity index (χ4v) is 10.5. The summed E-state index contributed by atoms with van der Waals surface area (Å²) < 4.78 is 16.9. The van der Waals surface area contributed by atoms with Gasteiger partial charge in [0.05, 0.1) is 13.2 Å². The van der Waals surface area contributed by atoms with Crippen molar-refractivity contribution in [3.8, 4) is 22.9 Å². The van der Waals surface area contributed by atoms with Crippen molar-refractivity contribution in [3.63, 3.8) is 0 Å². The van der Waals surface area contributed by atoms with E-state index < -0.39 is 0 Å². The quantitative estimate of drug-likeness (QED) is 0.0365. The van der Waals surface area contributed by atoms with Crippen molar-refractivity contribution >= 4 is 35.6 Å². The van der Waals surface area contributed by atoms with E-state index in [0.717, 1.165) is 55.4 Å². The maximum atomic E-state index is 6.16. The SMILES string of the molecule is CCCCCCCCCCCCOc1ccc(-n2cccc2/C=C/c2cc(CCCCCCCCCCCC)c(/C=C/c3cccn3-c3ccc(OCCCCCCCCCCCC)cc3)s2)cc1. The van der Waals surface area contributed by atoms with Gasteiger partial charge in [0.25, 0.3) is 0 Å². The van der Waals surface area contributed by atoms with E-state index in [1.165, 1.54) is 206 Å². The van der Waals surface area contributed by atoms with Gasteiger partial charge in [0, 0.05) is 44.9 Å². The van der Waals surface area contributed by atoms with Crippen LogP contribution < -0.4 is 9.47 Å². The lowest BCUT2D eigenvalue weighted by atomic mass is 10.0. The number of aromatic nitrogens is 2. The molecule has 0 saturated carbocycles. The first-order valence-electron chi connectivity index (χ1n) is 28.5. The van der Waals surface area contributed by atoms with Crippen LogP contribution in [0, 0.1) is 0 Å². The van der Waals surface area contributed by atoms with Crippen molar-refractivity contribution in [1.29, 1.82) is 0 Å². The Bertz CT molecular complexity index is 2060. The summed E-state index contributed by atoms with van der Waals surface area (Å²) in [6.07, 6.45) is 55.0. The third-order valence-corrected chi connectivity index (χ3v) is 14.9. The Labute approximate surface area is 426 Å². The molecule has 5 heteroatoms. The first-order valence-corrected chi connectivity index (χ1v) is 29.3. The van der Waals surface area contributed by atoms with E-state index in [1.807, 2.05) is 11.3 Å². The minimum Gasteiger partial charge on any atom is -0.494 e. The minimum atomic E-state index is 0.794. The molecule has 5 aromatic rings. The summed E-state index contributed by atoms with van der Waals surface area (Å²) in [5, 5.41) is 0. The van der Waals surface area contributed by atoms with Crippen molar-refractivity contribution in [2.24, 2.45) is 0 Å². The first-order chi connectivity index (χ1) is 34.2. The summed E-state index contributed by atoms with van der Waals surface area (Å²) in [4.78, 5) is 2.65. The molecule has 0 aliphatic rings. The van der Waals surface area contributed by atoms with Gasteiger partial charge in [0.1, 0.15) is 11.5 Å². The normalized spacial score (nSPS) is 11.8. The molecule has 0 spiro atoms. The van der Waals surface area contributed by atoms with Crippen LogP contribution in [0.4, 0.5) is 0 Å². The number of nitrogens with zero attached hydrogens (tertiary/aromatic N) is 2. The van der Waals surface area contributed by atoms with Gasteiger partial charge in [-0.1, -0.05) is 194 Å². The zero-order chi connectivity index (χ0) is 48.2. The van der Waals surface area contributed by atoms with Gasteiger partial charge in [-0.2, -0.15) is 0 Å². The highest BCUT2D eigenvalue weighted by Crippen LogP contribution is 2.30. The largest absolute Gasteiger partial charge is 0.494 e. The van der Waals surface area contributed by atoms with Crippen LogP contribution in [-0.2, 0) is 6.42 Å². The Balaban J connectivity index is 1.14. The molecule has 5 rings (SSSR count). The van der Waals surface area contributed by atoms with E-state index in [9.17, 15) is 0 Å². The molecule has 0 N–H and O–H groups in total. The van der Waals surface area contributed by atoms with E-state index in [1.54, 1.807) is 0 Å². The molecule has 3 aromatic heterocycles. The predicted octanol–water partition coefficient (Wildman–Crippen LogP) is 20.7. The Morgan fingerprint density at radius 1 is 0.391 bits per heavy atom. The highest BCUT2D eigenvalue weighted by atomic mass is 32.1. The molecular formula is C64H94N2O2S. The third kappa shape index (κ3) is 22.6. The van der Waals surface area contributed by atoms with E-state index in [0.29, 0.717) is 0 Å². The number of rotatable bonds is 41. The standard InChI is InChI=1S/C64H94N2O2S/c1-4-7-10-13-16-19-22-25-28-31-36-56-55-63(49-43-57-37-34-51-65(57)59-39-45-61(46-40-59)67-53-32-29-26-23-20-17-14-11-8-5-2)69-64(56)50-44-58-38-35-52-66(58)60-41-47-62(48-42-60)68-54-33-30-27-24-21-18-15-12-9-6-3/h34-35,37-52,55H,4-33,36,53-54H2,1-3H3/b49-43+,50-44+. The van der Waals surface area contributed by atoms with Crippen molar-refractivity contribution in [1.82, 2.24) is 9.13 Å². The van der Waals surface area contributed by atoms with Crippen molar-refractivity contribution < 1.29 is 9.47 Å². The summed E-state index contributed by atoms with van der Waals surface area (Å²) >= 11 is 1.90. The Kier molecular flexibility index (Phi) is 28.9. The molecular weight excluding hydrogens is 861 g/mol. The maximum Gasteiger partial charge on any atom is 0.119 e. The van der Waals surface area contributed by atoms with Gasteiger partial charge in [-0.05, 0) is 134 Å². The number of unbranched alkanes of at least 4 members (excludes halogenated alkanes) is 27. The molecule has 0 aliphatic heterocycles. The molecule has 378 valence electrons. The second-order valence-corrected chi connectivity index (χ2v) is 20.9. The molecule has 4 nitrogen and oxygen atoms in total. The summed E-state index contributed by atoms with van der Waals surface area (Å²) in [7, 11) is 0. The lowest BCUT2D eigenvalue weighted by Gasteiger charge is -2.10. The van der Waals surface area contributed by atoms with Crippen LogP contribution in [-0.4, -0.2) is 22.3 Å². The number of thiophene rings is 1. The van der Waals surface area contributed by atoms with E-state index in [4.69, 9.17) is 9.47 Å². The van der Waals surface area contributed by atoms with Gasteiger partial charge in [0.15, 0.2) is 0 Å². The van der Waals surface area contributed by atoms with Gasteiger partial charge in [-0.15, -0.1) is 11.3 Å². The Morgan fingerprint density at radius 3 is 1.16 bits per heavy atom. The van der Waals surface area contributed by atoms with Crippen LogP contribution >= 0.6 is 11.3 Å². The van der Waals surface area contributed by atoms with Crippen molar-refractivity contribution in [3.05, 3.63) is 118 Å². The summed E-state index contributed by atoms with van der Waals surface area (Å²) in [6, 6.07) is 28.4. The van der Waals surface area contributed by atoms with Crippen LogP contribution in [0.1, 0.15) is 240 Å². The average molecular weight is 956 g/mol. The van der Waals surface area contributed by atoms with Crippen LogP contribution in [0.3, 0.4) is 0 Å². The van der Waals surface area contributed by atoms with E-state index >= 15 is 0 Å². The van der Waals surface area contributed by atoms with E-state index in [-0.39, 0.29) is 0 Å². The molecule has 0 bridgehead atoms. The monoisotopic (exact) mass is 955 g/mol. The second-order valence-electron chi connectivity index (χ2n) is 19.8. The van der Waals surface area contributed by atoms with Gasteiger partial charge in [0.2, 0.25) is 0 Å². The molecule has 0 saturated heterocycles. The van der Waals surface area contributed by atoms with Gasteiger partial charge in [-0.25, -0.2) is 0 Å². The lowest BCUT2D eigenvalue weighted by Crippen LogP contribution is -1.98. The zero-order valence-electron chi connectivity index (χ0n) is 43.9. The van der Waals surface area contributed by atoms with Gasteiger partial charge >= 0.3 is 0 Å². The molecule has 0 fully saturated rings. The van der Waals surface area contributed by atoms with Crippen LogP contribution in [0.2, 0.25) is 0 Å². The lowest BCUT2D eigenvalue weighted by molar-refractivity contribution is 0.304. The summed E-state index contributed by atoms with van der Waals surface area (Å²) in [5.41, 5.74) is 6.11. The fraction of sp³-hybridized carbons (Fsp3) is 0.562. The summed E-state index contributed by atoms with van der Waals surface area (Å²) in [6.45, 7) is 8.47. The second kappa shape index (κ2) is 35.8. The van der Waals surface area contributed by atoms with Crippen LogP contribution in [0.15, 0.2) is 91.3 Å². The minimum absolute atomic E-state index is 0.794. The predicted molar refractivity (Wildman–Crippen MR) is 304 cm³/mol. The molecule has 0 atom stereocenters. The van der Waals surface area contributed by atoms with Crippen LogP contribution in [0.25, 0.3) is 35.7 Å². The van der Waals surface area contributed by atoms with Gasteiger partial charge in [-0.3, -0.25) is 0 Å². The topological polar surface area (TPSA) is 28.3 Å². The van der Waals surface area contributed by atoms with Crippen LogP contribution in [0.5, 0.6) is 11.5 Å². The molecule has 69 heavy (non-hydrogen) atoms. The molecule has 0 radical (unpaired) electrons. The molecule has 3 heterocycles. The number of hydrogen-bond donors (Lipinski definition) is 0. The number of hydrogen-bond acceptors (Lipinski definition) is 3. The average Bonchev–Trinajstić information content (AvgIpc) is 4.15. The highest BCUT2D eigenvalue weighted by Gasteiger charge is 2.09. The molecule has 2 aromatic carbocycles. The number of aryl methyl sites for hydroxylation is 1. The number of ether oxygens (including phenoxy) is 2.